The van der Waals surface area contributed by atoms with Gasteiger partial charge in [-0.3, -0.25) is 13.9 Å². The Morgan fingerprint density at radius 3 is 2.04 bits per heavy atom. The largest absolute Gasteiger partial charge is 0.350 e. The minimum atomic E-state index is -4.35. The number of hydrogen-bond acceptors (Lipinski definition) is 4. The molecule has 242 valence electrons. The molecule has 7 nitrogen and oxygen atoms in total. The number of halogens is 3. The van der Waals surface area contributed by atoms with E-state index >= 15 is 4.39 Å². The summed E-state index contributed by atoms with van der Waals surface area (Å²) in [6.45, 7) is 6.24. The van der Waals surface area contributed by atoms with Crippen LogP contribution in [0.1, 0.15) is 37.5 Å². The fourth-order valence-corrected chi connectivity index (χ4v) is 6.78. The Hall–Kier alpha value is -3.92. The molecule has 2 amide bonds. The molecule has 1 N–H and O–H groups in total. The van der Waals surface area contributed by atoms with Crippen molar-refractivity contribution >= 4 is 50.7 Å². The molecule has 0 unspecified atom stereocenters. The van der Waals surface area contributed by atoms with Crippen LogP contribution in [0, 0.1) is 12.7 Å². The molecule has 11 heteroatoms. The van der Waals surface area contributed by atoms with Crippen molar-refractivity contribution in [2.24, 2.45) is 0 Å². The number of nitrogens with one attached hydrogen (secondary N) is 1. The van der Waals surface area contributed by atoms with Crippen molar-refractivity contribution in [2.75, 3.05) is 10.8 Å². The Bertz CT molecular complexity index is 1780. The number of sulfonamides is 1. The van der Waals surface area contributed by atoms with Crippen molar-refractivity contribution in [3.8, 4) is 0 Å². The number of anilines is 1. The van der Waals surface area contributed by atoms with Crippen molar-refractivity contribution in [3.63, 3.8) is 0 Å². The number of benzene rings is 4. The van der Waals surface area contributed by atoms with Gasteiger partial charge in [0.1, 0.15) is 18.4 Å². The van der Waals surface area contributed by atoms with Gasteiger partial charge in [0.05, 0.1) is 10.6 Å². The van der Waals surface area contributed by atoms with Gasteiger partial charge in [0.15, 0.2) is 0 Å². The van der Waals surface area contributed by atoms with Crippen LogP contribution < -0.4 is 9.62 Å². The van der Waals surface area contributed by atoms with E-state index < -0.39 is 45.8 Å². The van der Waals surface area contributed by atoms with Gasteiger partial charge in [-0.2, -0.15) is 0 Å². The van der Waals surface area contributed by atoms with Crippen molar-refractivity contribution in [1.29, 1.82) is 0 Å². The Morgan fingerprint density at radius 2 is 1.46 bits per heavy atom. The van der Waals surface area contributed by atoms with E-state index in [-0.39, 0.29) is 39.2 Å². The van der Waals surface area contributed by atoms with Crippen LogP contribution in [0.25, 0.3) is 0 Å². The van der Waals surface area contributed by atoms with E-state index in [0.717, 1.165) is 15.4 Å². The zero-order valence-corrected chi connectivity index (χ0v) is 28.3. The number of carbonyl (C=O) groups is 2. The van der Waals surface area contributed by atoms with Gasteiger partial charge in [0.25, 0.3) is 10.0 Å². The van der Waals surface area contributed by atoms with Crippen LogP contribution in [-0.2, 0) is 32.6 Å². The monoisotopic (exact) mass is 683 g/mol. The molecular weight excluding hydrogens is 648 g/mol. The summed E-state index contributed by atoms with van der Waals surface area (Å²) in [5.41, 5.74) is 1.16. The van der Waals surface area contributed by atoms with Crippen LogP contribution in [-0.4, -0.2) is 43.3 Å². The van der Waals surface area contributed by atoms with E-state index in [2.05, 4.69) is 5.32 Å². The standard InChI is InChI=1S/C35H36Cl2FN3O4S/c1-24-14-16-30(17-15-24)46(44,45)41(29-20-27(36)19-28(37)21-29)23-33(42)40(22-26-12-8-9-13-31(26)38)32(34(43)39-35(2,3)4)18-25-10-6-5-7-11-25/h5-17,19-21,32H,18,22-23H2,1-4H3,(H,39,43)/t32-/m0/s1. The van der Waals surface area contributed by atoms with Gasteiger partial charge in [0.2, 0.25) is 11.8 Å². The normalized spacial score (nSPS) is 12.3. The predicted octanol–water partition coefficient (Wildman–Crippen LogP) is 7.19. The highest BCUT2D eigenvalue weighted by Gasteiger charge is 2.36. The van der Waals surface area contributed by atoms with Crippen molar-refractivity contribution in [1.82, 2.24) is 10.2 Å². The summed E-state index contributed by atoms with van der Waals surface area (Å²) in [6.07, 6.45) is 0.0939. The highest BCUT2D eigenvalue weighted by atomic mass is 35.5. The van der Waals surface area contributed by atoms with Crippen LogP contribution in [0.5, 0.6) is 0 Å². The summed E-state index contributed by atoms with van der Waals surface area (Å²) in [4.78, 5) is 29.6. The molecule has 0 aliphatic heterocycles. The second kappa shape index (κ2) is 14.7. The molecule has 0 bridgehead atoms. The lowest BCUT2D eigenvalue weighted by Crippen LogP contribution is -2.56. The highest BCUT2D eigenvalue weighted by molar-refractivity contribution is 7.92. The summed E-state index contributed by atoms with van der Waals surface area (Å²) in [5.74, 6) is -1.78. The quantitative estimate of drug-likeness (QED) is 0.181. The summed E-state index contributed by atoms with van der Waals surface area (Å²) in [7, 11) is -4.35. The first-order chi connectivity index (χ1) is 21.6. The van der Waals surface area contributed by atoms with E-state index in [4.69, 9.17) is 23.2 Å². The number of hydrogen-bond donors (Lipinski definition) is 1. The molecule has 0 aliphatic rings. The molecule has 1 atom stereocenters. The number of rotatable bonds is 11. The Balaban J connectivity index is 1.85. The van der Waals surface area contributed by atoms with Crippen molar-refractivity contribution < 1.29 is 22.4 Å². The maximum atomic E-state index is 15.1. The summed E-state index contributed by atoms with van der Waals surface area (Å²) in [6, 6.07) is 24.3. The zero-order chi connectivity index (χ0) is 33.6. The van der Waals surface area contributed by atoms with E-state index in [9.17, 15) is 18.0 Å². The molecule has 0 heterocycles. The molecule has 0 spiro atoms. The smallest absolute Gasteiger partial charge is 0.264 e. The first-order valence-electron chi connectivity index (χ1n) is 14.6. The van der Waals surface area contributed by atoms with Gasteiger partial charge in [0, 0.05) is 34.1 Å². The molecule has 4 aromatic carbocycles. The Kier molecular flexibility index (Phi) is 11.1. The third kappa shape index (κ3) is 9.09. The van der Waals surface area contributed by atoms with Gasteiger partial charge in [-0.1, -0.05) is 89.4 Å². The zero-order valence-electron chi connectivity index (χ0n) is 26.0. The number of aryl methyl sites for hydroxylation is 1. The molecule has 46 heavy (non-hydrogen) atoms. The lowest BCUT2D eigenvalue weighted by Gasteiger charge is -2.35. The average molecular weight is 685 g/mol. The number of nitrogens with zero attached hydrogens (tertiary/aromatic N) is 2. The molecule has 0 aliphatic carbocycles. The first-order valence-corrected chi connectivity index (χ1v) is 16.8. The summed E-state index contributed by atoms with van der Waals surface area (Å²) >= 11 is 12.6. The maximum Gasteiger partial charge on any atom is 0.264 e. The summed E-state index contributed by atoms with van der Waals surface area (Å²) in [5, 5.41) is 3.27. The van der Waals surface area contributed by atoms with Crippen LogP contribution >= 0.6 is 23.2 Å². The van der Waals surface area contributed by atoms with E-state index in [1.807, 2.05) is 58.0 Å². The molecule has 0 saturated carbocycles. The number of carbonyl (C=O) groups excluding carboxylic acids is 2. The van der Waals surface area contributed by atoms with Gasteiger partial charge >= 0.3 is 0 Å². The molecule has 0 radical (unpaired) electrons. The fraction of sp³-hybridized carbons (Fsp3) is 0.257. The van der Waals surface area contributed by atoms with Gasteiger partial charge in [-0.25, -0.2) is 12.8 Å². The molecule has 0 fully saturated rings. The van der Waals surface area contributed by atoms with E-state index in [1.54, 1.807) is 18.2 Å². The van der Waals surface area contributed by atoms with Crippen LogP contribution in [0.4, 0.5) is 10.1 Å². The van der Waals surface area contributed by atoms with Gasteiger partial charge in [-0.05, 0) is 69.7 Å². The van der Waals surface area contributed by atoms with Gasteiger partial charge in [-0.15, -0.1) is 0 Å². The Labute approximate surface area is 280 Å². The van der Waals surface area contributed by atoms with Crippen LogP contribution in [0.3, 0.4) is 0 Å². The molecule has 0 saturated heterocycles. The average Bonchev–Trinajstić information content (AvgIpc) is 2.97. The third-order valence-electron chi connectivity index (χ3n) is 7.09. The van der Waals surface area contributed by atoms with Crippen LogP contribution in [0.2, 0.25) is 10.0 Å². The van der Waals surface area contributed by atoms with E-state index in [0.29, 0.717) is 0 Å². The minimum Gasteiger partial charge on any atom is -0.350 e. The SMILES string of the molecule is Cc1ccc(S(=O)(=O)N(CC(=O)N(Cc2ccccc2F)[C@@H](Cc2ccccc2)C(=O)NC(C)(C)C)c2cc(Cl)cc(Cl)c2)cc1. The molecular formula is C35H36Cl2FN3O4S. The van der Waals surface area contributed by atoms with Crippen LogP contribution in [0.15, 0.2) is 102 Å². The lowest BCUT2D eigenvalue weighted by molar-refractivity contribution is -0.140. The first kappa shape index (κ1) is 34.9. The summed E-state index contributed by atoms with van der Waals surface area (Å²) < 4.78 is 44.3. The molecule has 0 aromatic heterocycles. The van der Waals surface area contributed by atoms with Gasteiger partial charge < -0.3 is 10.2 Å². The molecule has 4 rings (SSSR count). The fourth-order valence-electron chi connectivity index (χ4n) is 4.87. The number of amides is 2. The molecule has 4 aromatic rings. The van der Waals surface area contributed by atoms with E-state index in [1.165, 1.54) is 53.4 Å². The third-order valence-corrected chi connectivity index (χ3v) is 9.32. The minimum absolute atomic E-state index is 0.0519. The second-order valence-corrected chi connectivity index (χ2v) is 14.7. The topological polar surface area (TPSA) is 86.8 Å². The Morgan fingerprint density at radius 1 is 0.870 bits per heavy atom. The second-order valence-electron chi connectivity index (χ2n) is 12.0. The van der Waals surface area contributed by atoms with Crippen molar-refractivity contribution in [3.05, 3.63) is 130 Å². The predicted molar refractivity (Wildman–Crippen MR) is 181 cm³/mol. The maximum absolute atomic E-state index is 15.1. The highest BCUT2D eigenvalue weighted by Crippen LogP contribution is 2.30. The van der Waals surface area contributed by atoms with Crippen molar-refractivity contribution in [2.45, 2.75) is 57.1 Å². The lowest BCUT2D eigenvalue weighted by atomic mass is 10.0.